The lowest BCUT2D eigenvalue weighted by Crippen LogP contribution is -2.15. The number of hydrogen-bond donors (Lipinski definition) is 0. The quantitative estimate of drug-likeness (QED) is 0.706. The van der Waals surface area contributed by atoms with Crippen molar-refractivity contribution >= 4 is 21.8 Å². The minimum absolute atomic E-state index is 0.917. The normalized spacial score (nSPS) is 11.7. The van der Waals surface area contributed by atoms with Crippen molar-refractivity contribution < 1.29 is 4.74 Å². The van der Waals surface area contributed by atoms with Gasteiger partial charge in [-0.05, 0) is 57.7 Å². The summed E-state index contributed by atoms with van der Waals surface area (Å²) in [5, 5.41) is 2.63. The molecule has 0 unspecified atom stereocenters. The van der Waals surface area contributed by atoms with E-state index in [0.717, 1.165) is 25.3 Å². The van der Waals surface area contributed by atoms with Gasteiger partial charge in [0.25, 0.3) is 0 Å². The van der Waals surface area contributed by atoms with Crippen LogP contribution in [0.25, 0.3) is 21.8 Å². The third-order valence-corrected chi connectivity index (χ3v) is 4.22. The highest BCUT2D eigenvalue weighted by atomic mass is 16.5. The molecule has 0 aliphatic rings. The fourth-order valence-electron chi connectivity index (χ4n) is 3.10. The van der Waals surface area contributed by atoms with Crippen LogP contribution in [0.3, 0.4) is 0 Å². The van der Waals surface area contributed by atoms with E-state index in [1.165, 1.54) is 27.4 Å². The Bertz CT molecular complexity index is 802. The Hall–Kier alpha value is -2.00. The molecule has 0 N–H and O–H groups in total. The van der Waals surface area contributed by atoms with Gasteiger partial charge >= 0.3 is 0 Å². The van der Waals surface area contributed by atoms with E-state index in [4.69, 9.17) is 4.74 Å². The summed E-state index contributed by atoms with van der Waals surface area (Å²) in [7, 11) is 5.97. The molecule has 1 aromatic heterocycles. The zero-order valence-corrected chi connectivity index (χ0v) is 13.9. The van der Waals surface area contributed by atoms with Gasteiger partial charge in [-0.25, -0.2) is 0 Å². The molecule has 0 fully saturated rings. The van der Waals surface area contributed by atoms with Crippen molar-refractivity contribution in [3.8, 4) is 5.75 Å². The lowest BCUT2D eigenvalue weighted by molar-refractivity contribution is 0.389. The minimum Gasteiger partial charge on any atom is -0.497 e. The maximum Gasteiger partial charge on any atom is 0.120 e. The zero-order valence-electron chi connectivity index (χ0n) is 13.9. The molecule has 3 rings (SSSR count). The molecule has 1 heterocycles. The summed E-state index contributed by atoms with van der Waals surface area (Å²) in [5.74, 6) is 0.917. The minimum atomic E-state index is 0.917. The Balaban J connectivity index is 2.16. The van der Waals surface area contributed by atoms with Crippen molar-refractivity contribution in [1.29, 1.82) is 0 Å². The van der Waals surface area contributed by atoms with Gasteiger partial charge in [-0.3, -0.25) is 0 Å². The second-order valence-corrected chi connectivity index (χ2v) is 6.21. The summed E-state index contributed by atoms with van der Waals surface area (Å²) < 4.78 is 7.85. The standard InChI is InChI=1S/C19H24N2O/c1-14-6-8-16-17-9-7-15(22-4)13-19(17)21(18(16)12-14)11-5-10-20(2)3/h6-9,12-13H,5,10-11H2,1-4H3. The van der Waals surface area contributed by atoms with Crippen molar-refractivity contribution in [2.24, 2.45) is 0 Å². The first-order valence-electron chi connectivity index (χ1n) is 7.81. The predicted molar refractivity (Wildman–Crippen MR) is 93.9 cm³/mol. The van der Waals surface area contributed by atoms with E-state index in [9.17, 15) is 0 Å². The first-order chi connectivity index (χ1) is 10.6. The van der Waals surface area contributed by atoms with Crippen LogP contribution in [0.5, 0.6) is 5.75 Å². The van der Waals surface area contributed by atoms with Crippen LogP contribution in [0.1, 0.15) is 12.0 Å². The molecule has 0 spiro atoms. The molecule has 0 aliphatic carbocycles. The number of rotatable bonds is 5. The van der Waals surface area contributed by atoms with E-state index in [2.05, 4.69) is 60.8 Å². The Labute approximate surface area is 132 Å². The Morgan fingerprint density at radius 3 is 2.36 bits per heavy atom. The van der Waals surface area contributed by atoms with Crippen molar-refractivity contribution in [3.05, 3.63) is 42.0 Å². The highest BCUT2D eigenvalue weighted by Gasteiger charge is 2.11. The van der Waals surface area contributed by atoms with Crippen molar-refractivity contribution in [1.82, 2.24) is 9.47 Å². The molecule has 0 bridgehead atoms. The highest BCUT2D eigenvalue weighted by molar-refractivity contribution is 6.08. The largest absolute Gasteiger partial charge is 0.497 e. The molecule has 0 saturated carbocycles. The number of aromatic nitrogens is 1. The van der Waals surface area contributed by atoms with Crippen LogP contribution in [0.2, 0.25) is 0 Å². The molecule has 0 atom stereocenters. The summed E-state index contributed by atoms with van der Waals surface area (Å²) in [6, 6.07) is 13.1. The molecule has 3 aromatic rings. The van der Waals surface area contributed by atoms with E-state index in [1.807, 2.05) is 6.07 Å². The van der Waals surface area contributed by atoms with Crippen molar-refractivity contribution in [2.75, 3.05) is 27.7 Å². The summed E-state index contributed by atoms with van der Waals surface area (Å²) >= 11 is 0. The Kier molecular flexibility index (Phi) is 4.08. The molecule has 3 heteroatoms. The van der Waals surface area contributed by atoms with E-state index in [1.54, 1.807) is 7.11 Å². The number of fused-ring (bicyclic) bond motifs is 3. The maximum absolute atomic E-state index is 5.42. The Morgan fingerprint density at radius 1 is 1.00 bits per heavy atom. The van der Waals surface area contributed by atoms with Crippen LogP contribution in [-0.4, -0.2) is 37.2 Å². The maximum atomic E-state index is 5.42. The van der Waals surface area contributed by atoms with E-state index >= 15 is 0 Å². The number of hydrogen-bond acceptors (Lipinski definition) is 2. The van der Waals surface area contributed by atoms with E-state index in [0.29, 0.717) is 0 Å². The van der Waals surface area contributed by atoms with E-state index in [-0.39, 0.29) is 0 Å². The SMILES string of the molecule is COc1ccc2c3ccc(C)cc3n(CCCN(C)C)c2c1. The third kappa shape index (κ3) is 2.69. The lowest BCUT2D eigenvalue weighted by Gasteiger charge is -2.12. The molecule has 0 aliphatic heterocycles. The first-order valence-corrected chi connectivity index (χ1v) is 7.81. The van der Waals surface area contributed by atoms with Gasteiger partial charge in [0.2, 0.25) is 0 Å². The molecule has 2 aromatic carbocycles. The van der Waals surface area contributed by atoms with Crippen LogP contribution in [0.15, 0.2) is 36.4 Å². The first kappa shape index (κ1) is 14.9. The van der Waals surface area contributed by atoms with Gasteiger partial charge in [0.15, 0.2) is 0 Å². The molecule has 3 nitrogen and oxygen atoms in total. The predicted octanol–water partition coefficient (Wildman–Crippen LogP) is 4.06. The molecular formula is C19H24N2O. The second kappa shape index (κ2) is 6.01. The van der Waals surface area contributed by atoms with Crippen LogP contribution in [0, 0.1) is 6.92 Å². The third-order valence-electron chi connectivity index (χ3n) is 4.22. The molecular weight excluding hydrogens is 272 g/mol. The van der Waals surface area contributed by atoms with Gasteiger partial charge in [-0.2, -0.15) is 0 Å². The van der Waals surface area contributed by atoms with Crippen LogP contribution in [-0.2, 0) is 6.54 Å². The number of aryl methyl sites for hydroxylation is 2. The molecule has 22 heavy (non-hydrogen) atoms. The molecule has 0 amide bonds. The number of methoxy groups -OCH3 is 1. The number of ether oxygens (including phenoxy) is 1. The van der Waals surface area contributed by atoms with Crippen molar-refractivity contribution in [2.45, 2.75) is 19.9 Å². The number of nitrogens with zero attached hydrogens (tertiary/aromatic N) is 2. The highest BCUT2D eigenvalue weighted by Crippen LogP contribution is 2.32. The van der Waals surface area contributed by atoms with Crippen LogP contribution >= 0.6 is 0 Å². The second-order valence-electron chi connectivity index (χ2n) is 6.21. The lowest BCUT2D eigenvalue weighted by atomic mass is 10.1. The molecule has 0 radical (unpaired) electrons. The average molecular weight is 296 g/mol. The van der Waals surface area contributed by atoms with Gasteiger partial charge < -0.3 is 14.2 Å². The van der Waals surface area contributed by atoms with Crippen LogP contribution < -0.4 is 4.74 Å². The number of benzene rings is 2. The van der Waals surface area contributed by atoms with Crippen LogP contribution in [0.4, 0.5) is 0 Å². The van der Waals surface area contributed by atoms with Gasteiger partial charge in [0, 0.05) is 28.9 Å². The summed E-state index contributed by atoms with van der Waals surface area (Å²) in [5.41, 5.74) is 3.89. The molecule has 0 saturated heterocycles. The summed E-state index contributed by atoms with van der Waals surface area (Å²) in [4.78, 5) is 2.24. The van der Waals surface area contributed by atoms with Gasteiger partial charge in [-0.1, -0.05) is 12.1 Å². The van der Waals surface area contributed by atoms with E-state index < -0.39 is 0 Å². The summed E-state index contributed by atoms with van der Waals surface area (Å²) in [6.45, 7) is 4.27. The molecule has 116 valence electrons. The Morgan fingerprint density at radius 2 is 1.68 bits per heavy atom. The van der Waals surface area contributed by atoms with Crippen molar-refractivity contribution in [3.63, 3.8) is 0 Å². The smallest absolute Gasteiger partial charge is 0.120 e. The topological polar surface area (TPSA) is 17.4 Å². The van der Waals surface area contributed by atoms with Gasteiger partial charge in [-0.15, -0.1) is 0 Å². The average Bonchev–Trinajstić information content (AvgIpc) is 2.79. The van der Waals surface area contributed by atoms with Gasteiger partial charge in [0.1, 0.15) is 5.75 Å². The fraction of sp³-hybridized carbons (Fsp3) is 0.368. The fourth-order valence-corrected chi connectivity index (χ4v) is 3.10. The monoisotopic (exact) mass is 296 g/mol. The zero-order chi connectivity index (χ0) is 15.7. The van der Waals surface area contributed by atoms with Gasteiger partial charge in [0.05, 0.1) is 12.6 Å². The summed E-state index contributed by atoms with van der Waals surface area (Å²) in [6.07, 6.45) is 1.14.